The van der Waals surface area contributed by atoms with E-state index in [1.54, 1.807) is 6.92 Å². The van der Waals surface area contributed by atoms with Crippen LogP contribution in [0.4, 0.5) is 4.79 Å². The summed E-state index contributed by atoms with van der Waals surface area (Å²) in [6, 6.07) is 9.97. The van der Waals surface area contributed by atoms with Gasteiger partial charge in [-0.2, -0.15) is 0 Å². The van der Waals surface area contributed by atoms with Crippen LogP contribution in [0.25, 0.3) is 0 Å². The van der Waals surface area contributed by atoms with Gasteiger partial charge in [0, 0.05) is 12.0 Å². The Morgan fingerprint density at radius 2 is 1.83 bits per heavy atom. The summed E-state index contributed by atoms with van der Waals surface area (Å²) in [4.78, 5) is 24.8. The predicted molar refractivity (Wildman–Crippen MR) is 116 cm³/mol. The van der Waals surface area contributed by atoms with E-state index in [0.717, 1.165) is 49.5 Å². The van der Waals surface area contributed by atoms with Gasteiger partial charge in [-0.25, -0.2) is 4.79 Å². The Balaban J connectivity index is 1.38. The zero-order valence-corrected chi connectivity index (χ0v) is 18.2. The van der Waals surface area contributed by atoms with Crippen molar-refractivity contribution in [2.24, 2.45) is 0 Å². The highest BCUT2D eigenvalue weighted by Crippen LogP contribution is 2.40. The van der Waals surface area contributed by atoms with E-state index in [4.69, 9.17) is 0 Å². The summed E-state index contributed by atoms with van der Waals surface area (Å²) < 4.78 is 2.11. The standard InChI is InChI=1S/C22H29N5O2S/c1-15(20(28)24-21(29)23-18-10-6-3-7-11-18)30-22-26-25-19(17-12-13-17)27(22)14-16-8-4-2-5-9-16/h2,4-5,8-9,15,17-18H,3,6-7,10-14H2,1H3,(H2,23,24,28,29)/t15-/m1/s1. The third-order valence-corrected chi connectivity index (χ3v) is 6.78. The monoisotopic (exact) mass is 427 g/mol. The smallest absolute Gasteiger partial charge is 0.321 e. The van der Waals surface area contributed by atoms with Gasteiger partial charge in [-0.1, -0.05) is 61.4 Å². The van der Waals surface area contributed by atoms with Crippen LogP contribution in [0.5, 0.6) is 0 Å². The molecule has 7 nitrogen and oxygen atoms in total. The molecule has 0 aliphatic heterocycles. The normalized spacial score (nSPS) is 18.0. The Morgan fingerprint density at radius 3 is 2.53 bits per heavy atom. The molecule has 2 saturated carbocycles. The fourth-order valence-electron chi connectivity index (χ4n) is 3.84. The number of benzene rings is 1. The van der Waals surface area contributed by atoms with Crippen molar-refractivity contribution in [1.29, 1.82) is 0 Å². The largest absolute Gasteiger partial charge is 0.335 e. The van der Waals surface area contributed by atoms with E-state index in [-0.39, 0.29) is 11.9 Å². The third-order valence-electron chi connectivity index (χ3n) is 5.70. The minimum absolute atomic E-state index is 0.171. The lowest BCUT2D eigenvalue weighted by Crippen LogP contribution is -2.47. The second kappa shape index (κ2) is 9.64. The summed E-state index contributed by atoms with van der Waals surface area (Å²) in [6.45, 7) is 2.48. The van der Waals surface area contributed by atoms with Gasteiger partial charge in [-0.15, -0.1) is 10.2 Å². The summed E-state index contributed by atoms with van der Waals surface area (Å²) in [7, 11) is 0. The van der Waals surface area contributed by atoms with E-state index in [1.807, 2.05) is 18.2 Å². The van der Waals surface area contributed by atoms with Crippen LogP contribution in [-0.4, -0.2) is 38.0 Å². The molecule has 30 heavy (non-hydrogen) atoms. The van der Waals surface area contributed by atoms with Crippen LogP contribution < -0.4 is 10.6 Å². The average Bonchev–Trinajstić information content (AvgIpc) is 3.52. The van der Waals surface area contributed by atoms with E-state index in [1.165, 1.54) is 23.7 Å². The Morgan fingerprint density at radius 1 is 1.10 bits per heavy atom. The molecule has 3 amide bonds. The molecule has 2 N–H and O–H groups in total. The number of rotatable bonds is 7. The van der Waals surface area contributed by atoms with Crippen molar-refractivity contribution in [2.75, 3.05) is 0 Å². The van der Waals surface area contributed by atoms with E-state index >= 15 is 0 Å². The van der Waals surface area contributed by atoms with Crippen LogP contribution in [0.1, 0.15) is 69.2 Å². The van der Waals surface area contributed by atoms with Gasteiger partial charge in [-0.05, 0) is 38.2 Å². The zero-order valence-electron chi connectivity index (χ0n) is 17.3. The molecule has 2 fully saturated rings. The zero-order chi connectivity index (χ0) is 20.9. The van der Waals surface area contributed by atoms with Crippen molar-refractivity contribution in [2.45, 2.75) is 80.8 Å². The van der Waals surface area contributed by atoms with Crippen molar-refractivity contribution < 1.29 is 9.59 Å². The number of urea groups is 1. The first-order chi connectivity index (χ1) is 14.6. The molecule has 2 aliphatic carbocycles. The first kappa shape index (κ1) is 20.9. The molecule has 8 heteroatoms. The van der Waals surface area contributed by atoms with Gasteiger partial charge < -0.3 is 9.88 Å². The number of imide groups is 1. The molecule has 2 aromatic rings. The van der Waals surface area contributed by atoms with Crippen molar-refractivity contribution in [3.63, 3.8) is 0 Å². The molecular weight excluding hydrogens is 398 g/mol. The van der Waals surface area contributed by atoms with Crippen molar-refractivity contribution in [3.05, 3.63) is 41.7 Å². The van der Waals surface area contributed by atoms with E-state index < -0.39 is 11.3 Å². The number of carbonyl (C=O) groups excluding carboxylic acids is 2. The maximum Gasteiger partial charge on any atom is 0.321 e. The topological polar surface area (TPSA) is 88.9 Å². The van der Waals surface area contributed by atoms with Gasteiger partial charge in [0.05, 0.1) is 11.8 Å². The third kappa shape index (κ3) is 5.41. The number of hydrogen-bond acceptors (Lipinski definition) is 5. The maximum atomic E-state index is 12.6. The van der Waals surface area contributed by atoms with Crippen LogP contribution in [0.15, 0.2) is 35.5 Å². The van der Waals surface area contributed by atoms with Crippen LogP contribution in [0.3, 0.4) is 0 Å². The summed E-state index contributed by atoms with van der Waals surface area (Å²) in [5, 5.41) is 14.5. The minimum atomic E-state index is -0.451. The number of thioether (sulfide) groups is 1. The number of carbonyl (C=O) groups is 2. The van der Waals surface area contributed by atoms with Crippen LogP contribution >= 0.6 is 11.8 Å². The van der Waals surface area contributed by atoms with Crippen LogP contribution in [0, 0.1) is 0 Å². The number of nitrogens with one attached hydrogen (secondary N) is 2. The molecule has 1 aromatic heterocycles. The second-order valence-corrected chi connectivity index (χ2v) is 9.55. The van der Waals surface area contributed by atoms with Crippen molar-refractivity contribution in [1.82, 2.24) is 25.4 Å². The number of hydrogen-bond donors (Lipinski definition) is 2. The van der Waals surface area contributed by atoms with Crippen LogP contribution in [-0.2, 0) is 11.3 Å². The molecule has 0 radical (unpaired) electrons. The van der Waals surface area contributed by atoms with Gasteiger partial charge in [0.2, 0.25) is 5.91 Å². The Labute approximate surface area is 181 Å². The van der Waals surface area contributed by atoms with Crippen molar-refractivity contribution in [3.8, 4) is 0 Å². The predicted octanol–water partition coefficient (Wildman–Crippen LogP) is 3.84. The molecule has 1 aromatic carbocycles. The number of nitrogens with zero attached hydrogens (tertiary/aromatic N) is 3. The lowest BCUT2D eigenvalue weighted by atomic mass is 9.96. The summed E-state index contributed by atoms with van der Waals surface area (Å²) in [5.41, 5.74) is 1.17. The summed E-state index contributed by atoms with van der Waals surface area (Å²) in [5.74, 6) is 1.14. The second-order valence-electron chi connectivity index (χ2n) is 8.24. The first-order valence-electron chi connectivity index (χ1n) is 10.8. The molecule has 0 bridgehead atoms. The lowest BCUT2D eigenvalue weighted by Gasteiger charge is -2.23. The molecular formula is C22H29N5O2S. The van der Waals surface area contributed by atoms with Gasteiger partial charge in [-0.3, -0.25) is 10.1 Å². The summed E-state index contributed by atoms with van der Waals surface area (Å²) in [6.07, 6.45) is 7.72. The Kier molecular flexibility index (Phi) is 6.72. The van der Waals surface area contributed by atoms with Gasteiger partial charge >= 0.3 is 6.03 Å². The first-order valence-corrected chi connectivity index (χ1v) is 11.7. The van der Waals surface area contributed by atoms with E-state index in [2.05, 4.69) is 37.5 Å². The Hall–Kier alpha value is -2.35. The molecule has 1 heterocycles. The van der Waals surface area contributed by atoms with Gasteiger partial charge in [0.1, 0.15) is 5.82 Å². The fraction of sp³-hybridized carbons (Fsp3) is 0.545. The molecule has 4 rings (SSSR count). The van der Waals surface area contributed by atoms with E-state index in [0.29, 0.717) is 12.5 Å². The van der Waals surface area contributed by atoms with Gasteiger partial charge in [0.15, 0.2) is 5.16 Å². The molecule has 0 saturated heterocycles. The molecule has 1 atom stereocenters. The van der Waals surface area contributed by atoms with Crippen molar-refractivity contribution >= 4 is 23.7 Å². The number of aromatic nitrogens is 3. The summed E-state index contributed by atoms with van der Waals surface area (Å²) >= 11 is 1.35. The van der Waals surface area contributed by atoms with Gasteiger partial charge in [0.25, 0.3) is 0 Å². The fourth-order valence-corrected chi connectivity index (χ4v) is 4.69. The lowest BCUT2D eigenvalue weighted by molar-refractivity contribution is -0.119. The molecule has 0 spiro atoms. The SMILES string of the molecule is C[C@@H](Sc1nnc(C2CC2)n1Cc1ccccc1)C(=O)NC(=O)NC1CCCCC1. The average molecular weight is 428 g/mol. The molecule has 2 aliphatic rings. The minimum Gasteiger partial charge on any atom is -0.335 e. The molecule has 0 unspecified atom stereocenters. The number of amides is 3. The van der Waals surface area contributed by atoms with E-state index in [9.17, 15) is 9.59 Å². The Bertz CT molecular complexity index is 875. The maximum absolute atomic E-state index is 12.6. The highest BCUT2D eigenvalue weighted by molar-refractivity contribution is 8.00. The van der Waals surface area contributed by atoms with Crippen LogP contribution in [0.2, 0.25) is 0 Å². The highest BCUT2D eigenvalue weighted by atomic mass is 32.2. The molecule has 160 valence electrons. The highest BCUT2D eigenvalue weighted by Gasteiger charge is 2.31. The quantitative estimate of drug-likeness (QED) is 0.656.